The molecule has 3 N–H and O–H groups in total. The number of hydrogen-bond acceptors (Lipinski definition) is 4. The van der Waals surface area contributed by atoms with Crippen molar-refractivity contribution in [3.63, 3.8) is 0 Å². The molecule has 4 nitrogen and oxygen atoms in total. The highest BCUT2D eigenvalue weighted by atomic mass is 16.5. The number of benzene rings is 1. The van der Waals surface area contributed by atoms with Crippen LogP contribution in [0, 0.1) is 5.92 Å². The van der Waals surface area contributed by atoms with Crippen molar-refractivity contribution >= 4 is 0 Å². The van der Waals surface area contributed by atoms with E-state index in [-0.39, 0.29) is 18.7 Å². The molecule has 0 saturated carbocycles. The summed E-state index contributed by atoms with van der Waals surface area (Å²) in [6.45, 7) is 5.15. The molecule has 2 unspecified atom stereocenters. The van der Waals surface area contributed by atoms with E-state index in [4.69, 9.17) is 10.5 Å². The van der Waals surface area contributed by atoms with E-state index in [1.807, 2.05) is 31.3 Å². The van der Waals surface area contributed by atoms with Crippen LogP contribution in [0.15, 0.2) is 24.3 Å². The topological polar surface area (TPSA) is 58.7 Å². The highest BCUT2D eigenvalue weighted by Gasteiger charge is 2.22. The summed E-state index contributed by atoms with van der Waals surface area (Å²) in [6, 6.07) is 7.95. The van der Waals surface area contributed by atoms with Gasteiger partial charge in [-0.05, 0) is 37.1 Å². The molecule has 0 saturated heterocycles. The predicted octanol–water partition coefficient (Wildman–Crippen LogP) is 1.86. The Labute approximate surface area is 122 Å². The second kappa shape index (κ2) is 8.25. The number of aliphatic hydroxyl groups excluding tert-OH is 1. The number of nitrogens with zero attached hydrogens (tertiary/aromatic N) is 1. The van der Waals surface area contributed by atoms with Gasteiger partial charge in [-0.2, -0.15) is 0 Å². The van der Waals surface area contributed by atoms with Crippen LogP contribution in [0.3, 0.4) is 0 Å². The van der Waals surface area contributed by atoms with Crippen molar-refractivity contribution in [3.8, 4) is 5.75 Å². The average molecular weight is 280 g/mol. The molecule has 2 atom stereocenters. The Balaban J connectivity index is 2.63. The Morgan fingerprint density at radius 1 is 1.25 bits per heavy atom. The first-order valence-corrected chi connectivity index (χ1v) is 7.17. The summed E-state index contributed by atoms with van der Waals surface area (Å²) in [7, 11) is 3.67. The highest BCUT2D eigenvalue weighted by molar-refractivity contribution is 5.27. The number of ether oxygens (including phenoxy) is 1. The fourth-order valence-corrected chi connectivity index (χ4v) is 2.44. The van der Waals surface area contributed by atoms with Gasteiger partial charge < -0.3 is 15.6 Å². The molecule has 4 heteroatoms. The zero-order valence-corrected chi connectivity index (χ0v) is 13.0. The maximum absolute atomic E-state index is 9.60. The normalized spacial score (nSPS) is 14.6. The van der Waals surface area contributed by atoms with E-state index < -0.39 is 0 Å². The van der Waals surface area contributed by atoms with Gasteiger partial charge in [0.25, 0.3) is 0 Å². The van der Waals surface area contributed by atoms with E-state index in [9.17, 15) is 5.11 Å². The van der Waals surface area contributed by atoms with Crippen LogP contribution in [0.5, 0.6) is 5.75 Å². The van der Waals surface area contributed by atoms with Gasteiger partial charge in [-0.25, -0.2) is 0 Å². The van der Waals surface area contributed by atoms with Crippen molar-refractivity contribution in [2.24, 2.45) is 11.7 Å². The van der Waals surface area contributed by atoms with Crippen LogP contribution >= 0.6 is 0 Å². The molecular weight excluding hydrogens is 252 g/mol. The lowest BCUT2D eigenvalue weighted by Crippen LogP contribution is -2.48. The monoisotopic (exact) mass is 280 g/mol. The quantitative estimate of drug-likeness (QED) is 0.763. The van der Waals surface area contributed by atoms with Gasteiger partial charge in [-0.3, -0.25) is 4.90 Å². The largest absolute Gasteiger partial charge is 0.497 e. The highest BCUT2D eigenvalue weighted by Crippen LogP contribution is 2.16. The Bertz CT molecular complexity index is 379. The first kappa shape index (κ1) is 17.0. The van der Waals surface area contributed by atoms with Crippen LogP contribution in [0.25, 0.3) is 0 Å². The van der Waals surface area contributed by atoms with Crippen LogP contribution < -0.4 is 10.5 Å². The summed E-state index contributed by atoms with van der Waals surface area (Å²) in [5, 5.41) is 9.60. The molecule has 1 aromatic rings. The second-order valence-corrected chi connectivity index (χ2v) is 5.81. The number of nitrogens with two attached hydrogens (primary N) is 1. The average Bonchev–Trinajstić information content (AvgIpc) is 2.39. The summed E-state index contributed by atoms with van der Waals surface area (Å²) in [5.41, 5.74) is 7.39. The molecule has 0 spiro atoms. The van der Waals surface area contributed by atoms with Gasteiger partial charge in [0, 0.05) is 18.6 Å². The first-order chi connectivity index (χ1) is 9.47. The van der Waals surface area contributed by atoms with Crippen molar-refractivity contribution in [2.75, 3.05) is 20.8 Å². The molecule has 0 aliphatic rings. The van der Waals surface area contributed by atoms with Crippen molar-refractivity contribution < 1.29 is 9.84 Å². The van der Waals surface area contributed by atoms with Crippen molar-refractivity contribution in [3.05, 3.63) is 29.8 Å². The zero-order chi connectivity index (χ0) is 15.1. The zero-order valence-electron chi connectivity index (χ0n) is 13.0. The Kier molecular flexibility index (Phi) is 6.99. The van der Waals surface area contributed by atoms with E-state index in [1.54, 1.807) is 7.11 Å². The van der Waals surface area contributed by atoms with Crippen molar-refractivity contribution in [1.82, 2.24) is 4.90 Å². The maximum Gasteiger partial charge on any atom is 0.118 e. The van der Waals surface area contributed by atoms with E-state index >= 15 is 0 Å². The van der Waals surface area contributed by atoms with E-state index in [0.29, 0.717) is 5.92 Å². The third kappa shape index (κ3) is 5.12. The van der Waals surface area contributed by atoms with Crippen LogP contribution in [0.2, 0.25) is 0 Å². The molecule has 0 radical (unpaired) electrons. The Morgan fingerprint density at radius 2 is 1.85 bits per heavy atom. The minimum absolute atomic E-state index is 0.0109. The van der Waals surface area contributed by atoms with Gasteiger partial charge >= 0.3 is 0 Å². The van der Waals surface area contributed by atoms with Crippen LogP contribution in [-0.4, -0.2) is 42.9 Å². The summed E-state index contributed by atoms with van der Waals surface area (Å²) >= 11 is 0. The fourth-order valence-electron chi connectivity index (χ4n) is 2.44. The number of aliphatic hydroxyl groups is 1. The summed E-state index contributed by atoms with van der Waals surface area (Å²) in [5.74, 6) is 1.39. The van der Waals surface area contributed by atoms with Gasteiger partial charge in [0.1, 0.15) is 5.75 Å². The maximum atomic E-state index is 9.60. The number of methoxy groups -OCH3 is 1. The number of hydrogen-bond donors (Lipinski definition) is 2. The van der Waals surface area contributed by atoms with Gasteiger partial charge in [0.05, 0.1) is 13.7 Å². The Morgan fingerprint density at radius 3 is 2.30 bits per heavy atom. The van der Waals surface area contributed by atoms with E-state index in [1.165, 1.54) is 5.56 Å². The van der Waals surface area contributed by atoms with Gasteiger partial charge in [-0.1, -0.05) is 26.0 Å². The second-order valence-electron chi connectivity index (χ2n) is 5.81. The van der Waals surface area contributed by atoms with Crippen LogP contribution in [-0.2, 0) is 6.54 Å². The van der Waals surface area contributed by atoms with E-state index in [0.717, 1.165) is 18.7 Å². The molecule has 0 aliphatic heterocycles. The minimum atomic E-state index is -0.0144. The summed E-state index contributed by atoms with van der Waals surface area (Å²) in [6.07, 6.45) is 0.915. The van der Waals surface area contributed by atoms with Gasteiger partial charge in [0.2, 0.25) is 0 Å². The molecule has 0 heterocycles. The SMILES string of the molecule is COc1ccc(CN(C)C(CO)C(N)CC(C)C)cc1. The van der Waals surface area contributed by atoms with Crippen LogP contribution in [0.1, 0.15) is 25.8 Å². The third-order valence-corrected chi connectivity index (χ3v) is 3.58. The minimum Gasteiger partial charge on any atom is -0.497 e. The number of likely N-dealkylation sites (N-methyl/N-ethyl adjacent to an activating group) is 1. The molecule has 114 valence electrons. The molecule has 0 aromatic heterocycles. The molecule has 0 bridgehead atoms. The molecule has 0 fully saturated rings. The summed E-state index contributed by atoms with van der Waals surface area (Å²) < 4.78 is 5.15. The lowest BCUT2D eigenvalue weighted by molar-refractivity contribution is 0.114. The molecule has 1 aromatic carbocycles. The standard InChI is InChI=1S/C16H28N2O2/c1-12(2)9-15(17)16(11-19)18(3)10-13-5-7-14(20-4)8-6-13/h5-8,12,15-16,19H,9-11,17H2,1-4H3. The lowest BCUT2D eigenvalue weighted by Gasteiger charge is -2.32. The first-order valence-electron chi connectivity index (χ1n) is 7.17. The lowest BCUT2D eigenvalue weighted by atomic mass is 9.97. The van der Waals surface area contributed by atoms with E-state index in [2.05, 4.69) is 18.7 Å². The van der Waals surface area contributed by atoms with Crippen molar-refractivity contribution in [1.29, 1.82) is 0 Å². The Hall–Kier alpha value is -1.10. The summed E-state index contributed by atoms with van der Waals surface area (Å²) in [4.78, 5) is 2.12. The molecule has 20 heavy (non-hydrogen) atoms. The number of rotatable bonds is 8. The smallest absolute Gasteiger partial charge is 0.118 e. The molecule has 0 amide bonds. The predicted molar refractivity (Wildman–Crippen MR) is 82.8 cm³/mol. The van der Waals surface area contributed by atoms with Crippen LogP contribution in [0.4, 0.5) is 0 Å². The molecule has 1 rings (SSSR count). The third-order valence-electron chi connectivity index (χ3n) is 3.58. The van der Waals surface area contributed by atoms with Crippen molar-refractivity contribution in [2.45, 2.75) is 38.9 Å². The molecular formula is C16H28N2O2. The van der Waals surface area contributed by atoms with Gasteiger partial charge in [-0.15, -0.1) is 0 Å². The fraction of sp³-hybridized carbons (Fsp3) is 0.625. The van der Waals surface area contributed by atoms with Gasteiger partial charge in [0.15, 0.2) is 0 Å². The molecule has 0 aliphatic carbocycles.